The van der Waals surface area contributed by atoms with Gasteiger partial charge < -0.3 is 10.2 Å². The molecule has 2 N–H and O–H groups in total. The predicted molar refractivity (Wildman–Crippen MR) is 58.7 cm³/mol. The lowest BCUT2D eigenvalue weighted by Gasteiger charge is -2.38. The first-order valence-corrected chi connectivity index (χ1v) is 6.06. The second-order valence-electron chi connectivity index (χ2n) is 4.67. The number of piperazine rings is 1. The molecule has 4 heteroatoms. The van der Waals surface area contributed by atoms with Gasteiger partial charge in [-0.3, -0.25) is 9.80 Å². The summed E-state index contributed by atoms with van der Waals surface area (Å²) in [7, 11) is 0. The van der Waals surface area contributed by atoms with E-state index in [1.807, 2.05) is 0 Å². The fourth-order valence-electron chi connectivity index (χ4n) is 2.81. The van der Waals surface area contributed by atoms with Crippen molar-refractivity contribution in [3.63, 3.8) is 0 Å². The van der Waals surface area contributed by atoms with Gasteiger partial charge in [-0.05, 0) is 19.3 Å². The molecule has 0 aromatic carbocycles. The van der Waals surface area contributed by atoms with Gasteiger partial charge in [0, 0.05) is 38.8 Å². The third-order valence-corrected chi connectivity index (χ3v) is 3.74. The standard InChI is InChI=1S/C11H22N2O2/c14-9-8-12-4-6-13(7-5-12)10-2-1-3-11(10)15/h10-11,14-15H,1-9H2/t10-,11-/m0/s1. The van der Waals surface area contributed by atoms with E-state index >= 15 is 0 Å². The van der Waals surface area contributed by atoms with E-state index in [4.69, 9.17) is 5.11 Å². The van der Waals surface area contributed by atoms with Crippen molar-refractivity contribution in [2.75, 3.05) is 39.3 Å². The Morgan fingerprint density at radius 3 is 2.33 bits per heavy atom. The van der Waals surface area contributed by atoms with Crippen LogP contribution in [-0.4, -0.2) is 71.5 Å². The minimum absolute atomic E-state index is 0.102. The van der Waals surface area contributed by atoms with Crippen LogP contribution >= 0.6 is 0 Å². The summed E-state index contributed by atoms with van der Waals surface area (Å²) in [5.74, 6) is 0. The van der Waals surface area contributed by atoms with Gasteiger partial charge in [-0.15, -0.1) is 0 Å². The number of β-amino-alcohol motifs (C(OH)–C–C–N with tert-alkyl or cyclic N) is 1. The van der Waals surface area contributed by atoms with Crippen LogP contribution in [0.2, 0.25) is 0 Å². The lowest BCUT2D eigenvalue weighted by atomic mass is 10.1. The van der Waals surface area contributed by atoms with Crippen molar-refractivity contribution in [1.82, 2.24) is 9.80 Å². The topological polar surface area (TPSA) is 46.9 Å². The molecule has 1 saturated heterocycles. The quantitative estimate of drug-likeness (QED) is 0.665. The molecule has 2 rings (SSSR count). The Kier molecular flexibility index (Phi) is 3.97. The first kappa shape index (κ1) is 11.3. The molecule has 0 spiro atoms. The first-order valence-electron chi connectivity index (χ1n) is 6.06. The number of hydrogen-bond acceptors (Lipinski definition) is 4. The molecule has 2 aliphatic rings. The second kappa shape index (κ2) is 5.25. The molecule has 0 aromatic heterocycles. The van der Waals surface area contributed by atoms with Gasteiger partial charge in [-0.1, -0.05) is 0 Å². The van der Waals surface area contributed by atoms with Crippen LogP contribution in [-0.2, 0) is 0 Å². The van der Waals surface area contributed by atoms with Gasteiger partial charge in [0.05, 0.1) is 12.7 Å². The van der Waals surface area contributed by atoms with E-state index in [1.165, 1.54) is 6.42 Å². The summed E-state index contributed by atoms with van der Waals surface area (Å²) in [5, 5.41) is 18.7. The molecule has 0 unspecified atom stereocenters. The van der Waals surface area contributed by atoms with Crippen LogP contribution < -0.4 is 0 Å². The molecule has 0 amide bonds. The Bertz CT molecular complexity index is 193. The molecule has 1 heterocycles. The molecule has 1 saturated carbocycles. The van der Waals surface area contributed by atoms with Crippen LogP contribution in [0.4, 0.5) is 0 Å². The van der Waals surface area contributed by atoms with Crippen molar-refractivity contribution in [1.29, 1.82) is 0 Å². The third-order valence-electron chi connectivity index (χ3n) is 3.74. The molecule has 0 aromatic rings. The molecule has 1 aliphatic carbocycles. The highest BCUT2D eigenvalue weighted by molar-refractivity contribution is 4.87. The zero-order valence-electron chi connectivity index (χ0n) is 9.31. The monoisotopic (exact) mass is 214 g/mol. The summed E-state index contributed by atoms with van der Waals surface area (Å²) in [5.41, 5.74) is 0. The highest BCUT2D eigenvalue weighted by atomic mass is 16.3. The zero-order chi connectivity index (χ0) is 10.7. The van der Waals surface area contributed by atoms with Gasteiger partial charge in [0.2, 0.25) is 0 Å². The molecule has 2 atom stereocenters. The molecular formula is C11H22N2O2. The van der Waals surface area contributed by atoms with Crippen LogP contribution in [0, 0.1) is 0 Å². The Morgan fingerprint density at radius 1 is 1.07 bits per heavy atom. The number of aliphatic hydroxyl groups excluding tert-OH is 2. The first-order chi connectivity index (χ1) is 7.31. The summed E-state index contributed by atoms with van der Waals surface area (Å²) in [6.07, 6.45) is 3.19. The van der Waals surface area contributed by atoms with Crippen molar-refractivity contribution in [3.8, 4) is 0 Å². The van der Waals surface area contributed by atoms with E-state index in [1.54, 1.807) is 0 Å². The number of nitrogens with zero attached hydrogens (tertiary/aromatic N) is 2. The average molecular weight is 214 g/mol. The van der Waals surface area contributed by atoms with E-state index in [0.717, 1.165) is 45.6 Å². The largest absolute Gasteiger partial charge is 0.395 e. The van der Waals surface area contributed by atoms with Crippen LogP contribution in [0.5, 0.6) is 0 Å². The average Bonchev–Trinajstić information content (AvgIpc) is 2.66. The van der Waals surface area contributed by atoms with E-state index in [9.17, 15) is 5.11 Å². The molecule has 4 nitrogen and oxygen atoms in total. The molecule has 0 bridgehead atoms. The second-order valence-corrected chi connectivity index (χ2v) is 4.67. The van der Waals surface area contributed by atoms with E-state index in [2.05, 4.69) is 9.80 Å². The van der Waals surface area contributed by atoms with Crippen LogP contribution in [0.25, 0.3) is 0 Å². The van der Waals surface area contributed by atoms with E-state index < -0.39 is 0 Å². The minimum Gasteiger partial charge on any atom is -0.395 e. The number of aliphatic hydroxyl groups is 2. The van der Waals surface area contributed by atoms with Gasteiger partial charge in [-0.25, -0.2) is 0 Å². The predicted octanol–water partition coefficient (Wildman–Crippen LogP) is -0.490. The van der Waals surface area contributed by atoms with Crippen molar-refractivity contribution in [2.45, 2.75) is 31.4 Å². The van der Waals surface area contributed by atoms with Crippen molar-refractivity contribution in [2.24, 2.45) is 0 Å². The van der Waals surface area contributed by atoms with E-state index in [0.29, 0.717) is 6.04 Å². The smallest absolute Gasteiger partial charge is 0.0695 e. The summed E-state index contributed by atoms with van der Waals surface area (Å²) in [4.78, 5) is 4.71. The Labute approximate surface area is 91.5 Å². The van der Waals surface area contributed by atoms with Crippen LogP contribution in [0.3, 0.4) is 0 Å². The Balaban J connectivity index is 1.77. The SMILES string of the molecule is OCCN1CCN([C@H]2CCC[C@@H]2O)CC1. The lowest BCUT2D eigenvalue weighted by Crippen LogP contribution is -2.52. The van der Waals surface area contributed by atoms with Gasteiger partial charge in [0.25, 0.3) is 0 Å². The van der Waals surface area contributed by atoms with Gasteiger partial charge in [0.15, 0.2) is 0 Å². The summed E-state index contributed by atoms with van der Waals surface area (Å²) >= 11 is 0. The summed E-state index contributed by atoms with van der Waals surface area (Å²) < 4.78 is 0. The van der Waals surface area contributed by atoms with Crippen LogP contribution in [0.1, 0.15) is 19.3 Å². The maximum atomic E-state index is 9.82. The molecule has 0 radical (unpaired) electrons. The number of rotatable bonds is 3. The molecule has 15 heavy (non-hydrogen) atoms. The fraction of sp³-hybridized carbons (Fsp3) is 1.00. The minimum atomic E-state index is -0.102. The van der Waals surface area contributed by atoms with Gasteiger partial charge in [-0.2, -0.15) is 0 Å². The molecule has 88 valence electrons. The summed E-state index contributed by atoms with van der Waals surface area (Å²) in [6.45, 7) is 5.20. The number of hydrogen-bond donors (Lipinski definition) is 2. The van der Waals surface area contributed by atoms with Gasteiger partial charge >= 0.3 is 0 Å². The third kappa shape index (κ3) is 2.69. The normalized spacial score (nSPS) is 34.8. The van der Waals surface area contributed by atoms with Gasteiger partial charge in [0.1, 0.15) is 0 Å². The lowest BCUT2D eigenvalue weighted by molar-refractivity contribution is 0.0316. The maximum Gasteiger partial charge on any atom is 0.0695 e. The summed E-state index contributed by atoms with van der Waals surface area (Å²) in [6, 6.07) is 0.404. The van der Waals surface area contributed by atoms with Crippen molar-refractivity contribution < 1.29 is 10.2 Å². The Hall–Kier alpha value is -0.160. The Morgan fingerprint density at radius 2 is 1.80 bits per heavy atom. The maximum absolute atomic E-state index is 9.82. The fourth-order valence-corrected chi connectivity index (χ4v) is 2.81. The highest BCUT2D eigenvalue weighted by Crippen LogP contribution is 2.24. The zero-order valence-corrected chi connectivity index (χ0v) is 9.31. The molecule has 1 aliphatic heterocycles. The molecular weight excluding hydrogens is 192 g/mol. The molecule has 2 fully saturated rings. The highest BCUT2D eigenvalue weighted by Gasteiger charge is 2.32. The van der Waals surface area contributed by atoms with Crippen LogP contribution in [0.15, 0.2) is 0 Å². The van der Waals surface area contributed by atoms with Crippen molar-refractivity contribution >= 4 is 0 Å². The van der Waals surface area contributed by atoms with Crippen molar-refractivity contribution in [3.05, 3.63) is 0 Å². The van der Waals surface area contributed by atoms with E-state index in [-0.39, 0.29) is 12.7 Å².